The standard InChI is InChI=1S/C45H47ClN6O8/c1-27-33(24-59-42-40(46)17-35(22-51-45(3,26-54)43(55)56)41(52-42)58-23-30-14-29(18-47)19-48-20-30)6-4-8-38(27)39-9-5-7-37(28(39)2)32-11-10-31-16-36(50-21-34(31)15-32)25-60-44(57)49-12-13-53/h4-11,14-15,17,19-20,36,50-51,53-54H,12-13,16,21-26H2,1-3H3,(H,49,57)(H,55,56)/t36?,45-/m0/s1. The Balaban J connectivity index is 1.20. The number of carbonyl (C=O) groups is 2. The molecule has 6 N–H and O–H groups in total. The third-order valence-electron chi connectivity index (χ3n) is 10.5. The number of hydrogen-bond donors (Lipinski definition) is 6. The van der Waals surface area contributed by atoms with Gasteiger partial charge in [0.1, 0.15) is 36.5 Å². The van der Waals surface area contributed by atoms with Crippen molar-refractivity contribution in [3.05, 3.63) is 129 Å². The number of amides is 1. The van der Waals surface area contributed by atoms with E-state index in [0.29, 0.717) is 23.2 Å². The molecule has 1 unspecified atom stereocenters. The lowest BCUT2D eigenvalue weighted by Crippen LogP contribution is -2.52. The molecule has 0 aliphatic carbocycles. The molecule has 0 fully saturated rings. The molecule has 0 bridgehead atoms. The van der Waals surface area contributed by atoms with Gasteiger partial charge in [-0.1, -0.05) is 60.1 Å². The Morgan fingerprint density at radius 2 is 1.70 bits per heavy atom. The van der Waals surface area contributed by atoms with Crippen LogP contribution in [0.15, 0.2) is 79.1 Å². The number of nitriles is 1. The normalized spacial score (nSPS) is 14.3. The number of aliphatic hydroxyl groups is 2. The largest absolute Gasteiger partial charge is 0.480 e. The summed E-state index contributed by atoms with van der Waals surface area (Å²) in [6.07, 6.45) is 3.18. The summed E-state index contributed by atoms with van der Waals surface area (Å²) in [6, 6.07) is 24.1. The number of benzene rings is 3. The Morgan fingerprint density at radius 3 is 2.45 bits per heavy atom. The number of halogens is 1. The molecule has 5 aromatic rings. The van der Waals surface area contributed by atoms with E-state index >= 15 is 0 Å². The maximum atomic E-state index is 11.9. The molecule has 1 aliphatic rings. The van der Waals surface area contributed by atoms with E-state index in [2.05, 4.69) is 81.4 Å². The van der Waals surface area contributed by atoms with Gasteiger partial charge in [0.15, 0.2) is 0 Å². The predicted octanol–water partition coefficient (Wildman–Crippen LogP) is 5.77. The van der Waals surface area contributed by atoms with Crippen LogP contribution in [-0.4, -0.2) is 75.3 Å². The molecular weight excluding hydrogens is 788 g/mol. The zero-order valence-electron chi connectivity index (χ0n) is 33.5. The van der Waals surface area contributed by atoms with Gasteiger partial charge >= 0.3 is 12.1 Å². The molecule has 6 rings (SSSR count). The summed E-state index contributed by atoms with van der Waals surface area (Å²) in [6.45, 7) is 5.84. The quantitative estimate of drug-likeness (QED) is 0.0659. The first kappa shape index (κ1) is 43.5. The van der Waals surface area contributed by atoms with Crippen molar-refractivity contribution in [3.8, 4) is 40.1 Å². The van der Waals surface area contributed by atoms with Crippen LogP contribution in [0.5, 0.6) is 11.8 Å². The third kappa shape index (κ3) is 10.4. The first-order valence-corrected chi connectivity index (χ1v) is 19.7. The Bertz CT molecular complexity index is 2400. The predicted molar refractivity (Wildman–Crippen MR) is 224 cm³/mol. The molecule has 2 atom stereocenters. The van der Waals surface area contributed by atoms with Gasteiger partial charge in [0.05, 0.1) is 18.8 Å². The van der Waals surface area contributed by atoms with Crippen LogP contribution in [0.3, 0.4) is 0 Å². The molecule has 3 heterocycles. The van der Waals surface area contributed by atoms with E-state index in [1.807, 2.05) is 19.1 Å². The lowest BCUT2D eigenvalue weighted by molar-refractivity contribution is -0.145. The van der Waals surface area contributed by atoms with E-state index in [9.17, 15) is 25.1 Å². The fourth-order valence-electron chi connectivity index (χ4n) is 6.89. The van der Waals surface area contributed by atoms with E-state index in [4.69, 9.17) is 30.9 Å². The number of aliphatic hydroxyl groups excluding tert-OH is 2. The van der Waals surface area contributed by atoms with Gasteiger partial charge in [-0.3, -0.25) is 15.1 Å². The van der Waals surface area contributed by atoms with Crippen molar-refractivity contribution in [1.82, 2.24) is 25.9 Å². The van der Waals surface area contributed by atoms with Crippen LogP contribution in [-0.2, 0) is 42.3 Å². The Morgan fingerprint density at radius 1 is 0.950 bits per heavy atom. The van der Waals surface area contributed by atoms with Crippen molar-refractivity contribution in [2.75, 3.05) is 26.4 Å². The van der Waals surface area contributed by atoms with Crippen LogP contribution in [0.4, 0.5) is 4.79 Å². The number of rotatable bonds is 17. The number of nitrogens with zero attached hydrogens (tertiary/aromatic N) is 3. The third-order valence-corrected chi connectivity index (χ3v) is 10.8. The highest BCUT2D eigenvalue weighted by Crippen LogP contribution is 2.36. The van der Waals surface area contributed by atoms with Crippen molar-refractivity contribution in [3.63, 3.8) is 0 Å². The summed E-state index contributed by atoms with van der Waals surface area (Å²) < 4.78 is 17.6. The molecule has 0 spiro atoms. The number of fused-ring (bicyclic) bond motifs is 1. The van der Waals surface area contributed by atoms with Gasteiger partial charge in [0.2, 0.25) is 11.8 Å². The molecular formula is C45H47ClN6O8. The first-order valence-electron chi connectivity index (χ1n) is 19.4. The van der Waals surface area contributed by atoms with E-state index in [1.54, 1.807) is 18.3 Å². The summed E-state index contributed by atoms with van der Waals surface area (Å²) >= 11 is 6.71. The Labute approximate surface area is 353 Å². The van der Waals surface area contributed by atoms with E-state index in [0.717, 1.165) is 45.4 Å². The number of nitrogens with one attached hydrogen (secondary N) is 3. The molecule has 0 radical (unpaired) electrons. The first-order chi connectivity index (χ1) is 28.9. The molecule has 60 heavy (non-hydrogen) atoms. The molecule has 1 aliphatic heterocycles. The minimum Gasteiger partial charge on any atom is -0.480 e. The number of alkyl carbamates (subject to hydrolysis) is 1. The van der Waals surface area contributed by atoms with Crippen LogP contribution >= 0.6 is 11.6 Å². The SMILES string of the molecule is Cc1c(COc2nc(OCc3cncc(C#N)c3)c(CN[C@@](C)(CO)C(=O)O)cc2Cl)cccc1-c1cccc(-c2ccc3c(c2)CNC(COC(=O)NCCO)C3)c1C. The van der Waals surface area contributed by atoms with Gasteiger partial charge in [-0.25, -0.2) is 4.79 Å². The van der Waals surface area contributed by atoms with Crippen molar-refractivity contribution in [2.45, 2.75) is 65.1 Å². The number of aliphatic carboxylic acids is 1. The van der Waals surface area contributed by atoms with Crippen molar-refractivity contribution >= 4 is 23.7 Å². The Hall–Kier alpha value is -6.08. The summed E-state index contributed by atoms with van der Waals surface area (Å²) in [5.41, 5.74) is 9.54. The highest BCUT2D eigenvalue weighted by atomic mass is 35.5. The van der Waals surface area contributed by atoms with Crippen molar-refractivity contribution < 1.29 is 39.1 Å². The summed E-state index contributed by atoms with van der Waals surface area (Å²) in [4.78, 5) is 32.4. The minimum atomic E-state index is -1.63. The maximum absolute atomic E-state index is 11.9. The second-order valence-electron chi connectivity index (χ2n) is 14.7. The lowest BCUT2D eigenvalue weighted by atomic mass is 9.87. The fourth-order valence-corrected chi connectivity index (χ4v) is 7.11. The molecule has 15 heteroatoms. The number of carbonyl (C=O) groups excluding carboxylic acids is 1. The van der Waals surface area contributed by atoms with Crippen LogP contribution in [0.25, 0.3) is 22.3 Å². The van der Waals surface area contributed by atoms with Gasteiger partial charge < -0.3 is 40.2 Å². The van der Waals surface area contributed by atoms with E-state index < -0.39 is 24.2 Å². The average Bonchev–Trinajstić information content (AvgIpc) is 3.26. The van der Waals surface area contributed by atoms with Crippen LogP contribution < -0.4 is 25.4 Å². The molecule has 0 saturated heterocycles. The number of pyridine rings is 2. The molecule has 14 nitrogen and oxygen atoms in total. The second-order valence-corrected chi connectivity index (χ2v) is 15.1. The molecule has 0 saturated carbocycles. The van der Waals surface area contributed by atoms with Gasteiger partial charge in [0, 0.05) is 49.2 Å². The molecule has 312 valence electrons. The maximum Gasteiger partial charge on any atom is 0.407 e. The average molecular weight is 835 g/mol. The number of ether oxygens (including phenoxy) is 3. The van der Waals surface area contributed by atoms with Crippen LogP contribution in [0.1, 0.15) is 51.4 Å². The Kier molecular flexibility index (Phi) is 14.3. The smallest absolute Gasteiger partial charge is 0.407 e. The van der Waals surface area contributed by atoms with Crippen LogP contribution in [0, 0.1) is 25.2 Å². The van der Waals surface area contributed by atoms with E-state index in [1.165, 1.54) is 24.2 Å². The van der Waals surface area contributed by atoms with Gasteiger partial charge in [-0.2, -0.15) is 10.2 Å². The van der Waals surface area contributed by atoms with Crippen LogP contribution in [0.2, 0.25) is 5.02 Å². The number of hydrogen-bond acceptors (Lipinski definition) is 12. The van der Waals surface area contributed by atoms with Crippen molar-refractivity contribution in [1.29, 1.82) is 5.26 Å². The lowest BCUT2D eigenvalue weighted by Gasteiger charge is -2.26. The monoisotopic (exact) mass is 834 g/mol. The van der Waals surface area contributed by atoms with Gasteiger partial charge in [-0.15, -0.1) is 0 Å². The molecule has 2 aromatic heterocycles. The topological polar surface area (TPSA) is 208 Å². The summed E-state index contributed by atoms with van der Waals surface area (Å²) in [5, 5.41) is 46.7. The molecule has 3 aromatic carbocycles. The molecule has 1 amide bonds. The minimum absolute atomic E-state index is 0.00611. The second kappa shape index (κ2) is 19.8. The van der Waals surface area contributed by atoms with Gasteiger partial charge in [-0.05, 0) is 95.5 Å². The zero-order chi connectivity index (χ0) is 42.8. The summed E-state index contributed by atoms with van der Waals surface area (Å²) in [5.74, 6) is -1.00. The fraction of sp³-hybridized carbons (Fsp3) is 0.311. The number of carboxylic acid groups (broad SMARTS) is 1. The number of carboxylic acids is 1. The highest BCUT2D eigenvalue weighted by molar-refractivity contribution is 6.31. The number of aromatic nitrogens is 2. The highest BCUT2D eigenvalue weighted by Gasteiger charge is 2.32. The zero-order valence-corrected chi connectivity index (χ0v) is 34.3. The van der Waals surface area contributed by atoms with Gasteiger partial charge in [0.25, 0.3) is 0 Å². The van der Waals surface area contributed by atoms with Crippen molar-refractivity contribution in [2.24, 2.45) is 0 Å². The van der Waals surface area contributed by atoms with E-state index in [-0.39, 0.29) is 62.3 Å². The summed E-state index contributed by atoms with van der Waals surface area (Å²) in [7, 11) is 0.